The third-order valence-corrected chi connectivity index (χ3v) is 7.29. The van der Waals surface area contributed by atoms with Gasteiger partial charge in [-0.2, -0.15) is 0 Å². The van der Waals surface area contributed by atoms with Gasteiger partial charge in [0, 0.05) is 36.0 Å². The molecule has 1 unspecified atom stereocenters. The number of nitrogens with zero attached hydrogens (tertiary/aromatic N) is 2. The molecule has 0 spiro atoms. The molecule has 7 nitrogen and oxygen atoms in total. The van der Waals surface area contributed by atoms with Crippen LogP contribution in [0.2, 0.25) is 0 Å². The largest absolute Gasteiger partial charge is 0.466 e. The molecule has 208 valence electrons. The highest BCUT2D eigenvalue weighted by atomic mass is 16.5. The molecule has 0 aromatic heterocycles. The highest BCUT2D eigenvalue weighted by Crippen LogP contribution is 2.34. The molecule has 3 aromatic carbocycles. The summed E-state index contributed by atoms with van der Waals surface area (Å²) >= 11 is 0. The summed E-state index contributed by atoms with van der Waals surface area (Å²) in [4.78, 5) is 31.0. The Morgan fingerprint density at radius 3 is 2.27 bits per heavy atom. The number of anilines is 2. The lowest BCUT2D eigenvalue weighted by atomic mass is 9.88. The zero-order valence-corrected chi connectivity index (χ0v) is 23.3. The number of ether oxygens (including phenoxy) is 1. The number of benzene rings is 3. The van der Waals surface area contributed by atoms with Gasteiger partial charge < -0.3 is 15.2 Å². The summed E-state index contributed by atoms with van der Waals surface area (Å²) in [5.74, 6) is 0.157. The van der Waals surface area contributed by atoms with Crippen LogP contribution in [0.4, 0.5) is 11.4 Å². The molecule has 0 saturated heterocycles. The smallest absolute Gasteiger partial charge is 0.330 e. The van der Waals surface area contributed by atoms with Gasteiger partial charge in [0.25, 0.3) is 0 Å². The average molecular weight is 540 g/mol. The van der Waals surface area contributed by atoms with Gasteiger partial charge in [0.2, 0.25) is 5.91 Å². The van der Waals surface area contributed by atoms with Crippen LogP contribution in [0.25, 0.3) is 17.2 Å². The van der Waals surface area contributed by atoms with E-state index in [2.05, 4.69) is 10.3 Å². The maximum absolute atomic E-state index is 13.8. The Hall–Kier alpha value is -4.23. The van der Waals surface area contributed by atoms with Crippen LogP contribution in [0.5, 0.6) is 0 Å². The standard InChI is InChI=1S/C33H37N3O4/c1-23(34-2)35-29-19-17-26(18-20-29)25-13-15-28(16-14-25)33(39)36(32(38)27-9-5-4-6-10-27)30-11-7-8-24(22-30)12-21-31(37)40-3/h7-8,11-22,27,33,39H,4-6,9-10H2,1-3H3,(H,34,35)/b21-12+. The van der Waals surface area contributed by atoms with Crippen molar-refractivity contribution in [1.29, 1.82) is 0 Å². The monoisotopic (exact) mass is 539 g/mol. The first-order valence-corrected chi connectivity index (χ1v) is 13.7. The lowest BCUT2D eigenvalue weighted by Gasteiger charge is -2.33. The van der Waals surface area contributed by atoms with E-state index in [4.69, 9.17) is 4.74 Å². The van der Waals surface area contributed by atoms with E-state index in [1.54, 1.807) is 19.2 Å². The van der Waals surface area contributed by atoms with Crippen LogP contribution in [0.3, 0.4) is 0 Å². The third kappa shape index (κ3) is 7.24. The van der Waals surface area contributed by atoms with Gasteiger partial charge in [0.1, 0.15) is 0 Å². The van der Waals surface area contributed by atoms with Crippen molar-refractivity contribution in [1.82, 2.24) is 0 Å². The van der Waals surface area contributed by atoms with Gasteiger partial charge in [-0.05, 0) is 66.8 Å². The molecule has 0 heterocycles. The Morgan fingerprint density at radius 2 is 1.65 bits per heavy atom. The molecule has 1 saturated carbocycles. The van der Waals surface area contributed by atoms with Crippen LogP contribution < -0.4 is 10.2 Å². The van der Waals surface area contributed by atoms with Crippen molar-refractivity contribution in [3.8, 4) is 11.1 Å². The van der Waals surface area contributed by atoms with Crippen molar-refractivity contribution >= 4 is 35.2 Å². The van der Waals surface area contributed by atoms with Gasteiger partial charge in [0.05, 0.1) is 12.9 Å². The lowest BCUT2D eigenvalue weighted by molar-refractivity contribution is -0.134. The average Bonchev–Trinajstić information content (AvgIpc) is 3.01. The maximum Gasteiger partial charge on any atom is 0.330 e. The van der Waals surface area contributed by atoms with Crippen molar-refractivity contribution in [3.05, 3.63) is 90.0 Å². The second-order valence-electron chi connectivity index (χ2n) is 10.0. The number of methoxy groups -OCH3 is 1. The summed E-state index contributed by atoms with van der Waals surface area (Å²) in [6.45, 7) is 1.91. The fourth-order valence-corrected chi connectivity index (χ4v) is 4.95. The first-order chi connectivity index (χ1) is 19.4. The van der Waals surface area contributed by atoms with Crippen molar-refractivity contribution in [3.63, 3.8) is 0 Å². The van der Waals surface area contributed by atoms with E-state index in [1.807, 2.05) is 73.7 Å². The number of hydrogen-bond donors (Lipinski definition) is 2. The van der Waals surface area contributed by atoms with Crippen molar-refractivity contribution in [2.75, 3.05) is 24.4 Å². The molecule has 7 heteroatoms. The van der Waals surface area contributed by atoms with Gasteiger partial charge >= 0.3 is 5.97 Å². The minimum Gasteiger partial charge on any atom is -0.466 e. The fourth-order valence-electron chi connectivity index (χ4n) is 4.95. The molecule has 0 bridgehead atoms. The first-order valence-electron chi connectivity index (χ1n) is 13.7. The third-order valence-electron chi connectivity index (χ3n) is 7.29. The number of carbonyl (C=O) groups is 2. The number of aliphatic hydroxyl groups excluding tert-OH is 1. The van der Waals surface area contributed by atoms with Gasteiger partial charge in [0.15, 0.2) is 6.23 Å². The SMILES string of the molecule is CN=C(C)Nc1ccc(-c2ccc(C(O)N(C(=O)C3CCCCC3)c3cccc(/C=C/C(=O)OC)c3)cc2)cc1. The first kappa shape index (κ1) is 28.8. The Bertz CT molecular complexity index is 1360. The molecule has 3 aromatic rings. The molecule has 40 heavy (non-hydrogen) atoms. The van der Waals surface area contributed by atoms with E-state index in [0.717, 1.165) is 60.3 Å². The number of nitrogens with one attached hydrogen (secondary N) is 1. The predicted octanol–water partition coefficient (Wildman–Crippen LogP) is 6.60. The number of aliphatic hydroxyl groups is 1. The number of carbonyl (C=O) groups excluding carboxylic acids is 2. The van der Waals surface area contributed by atoms with Crippen LogP contribution in [0.1, 0.15) is 56.4 Å². The maximum atomic E-state index is 13.8. The van der Waals surface area contributed by atoms with E-state index in [9.17, 15) is 14.7 Å². The van der Waals surface area contributed by atoms with E-state index in [0.29, 0.717) is 11.3 Å². The predicted molar refractivity (Wildman–Crippen MR) is 161 cm³/mol. The highest BCUT2D eigenvalue weighted by Gasteiger charge is 2.31. The summed E-state index contributed by atoms with van der Waals surface area (Å²) in [7, 11) is 3.07. The van der Waals surface area contributed by atoms with Gasteiger partial charge in [-0.25, -0.2) is 4.79 Å². The number of hydrogen-bond acceptors (Lipinski definition) is 5. The fraction of sp³-hybridized carbons (Fsp3) is 0.303. The molecule has 0 aliphatic heterocycles. The number of esters is 1. The minimum atomic E-state index is -1.16. The number of rotatable bonds is 8. The Balaban J connectivity index is 1.61. The summed E-state index contributed by atoms with van der Waals surface area (Å²) in [6.07, 6.45) is 6.59. The minimum absolute atomic E-state index is 0.0839. The van der Waals surface area contributed by atoms with E-state index >= 15 is 0 Å². The second-order valence-corrected chi connectivity index (χ2v) is 10.0. The lowest BCUT2D eigenvalue weighted by Crippen LogP contribution is -2.40. The number of amidine groups is 1. The zero-order chi connectivity index (χ0) is 28.5. The number of amides is 1. The highest BCUT2D eigenvalue weighted by molar-refractivity contribution is 5.96. The molecular formula is C33H37N3O4. The Morgan fingerprint density at radius 1 is 1.00 bits per heavy atom. The van der Waals surface area contributed by atoms with Crippen molar-refractivity contribution in [2.45, 2.75) is 45.3 Å². The zero-order valence-electron chi connectivity index (χ0n) is 23.3. The number of aliphatic imine (C=N–C) groups is 1. The van der Waals surface area contributed by atoms with Gasteiger partial charge in [-0.15, -0.1) is 0 Å². The molecule has 1 aliphatic rings. The molecule has 2 N–H and O–H groups in total. The molecule has 1 aliphatic carbocycles. The summed E-state index contributed by atoms with van der Waals surface area (Å²) < 4.78 is 4.69. The van der Waals surface area contributed by atoms with E-state index in [1.165, 1.54) is 18.1 Å². The van der Waals surface area contributed by atoms with Gasteiger partial charge in [-0.3, -0.25) is 14.7 Å². The van der Waals surface area contributed by atoms with Crippen LogP contribution >= 0.6 is 0 Å². The normalized spacial score (nSPS) is 15.1. The second kappa shape index (κ2) is 13.7. The van der Waals surface area contributed by atoms with Crippen molar-refractivity contribution < 1.29 is 19.4 Å². The summed E-state index contributed by atoms with van der Waals surface area (Å²) in [6, 6.07) is 23.0. The summed E-state index contributed by atoms with van der Waals surface area (Å²) in [5, 5.41) is 14.8. The quantitative estimate of drug-likeness (QED) is 0.111. The molecule has 1 fully saturated rings. The van der Waals surface area contributed by atoms with Crippen LogP contribution in [-0.2, 0) is 14.3 Å². The molecule has 1 atom stereocenters. The molecular weight excluding hydrogens is 502 g/mol. The molecule has 4 rings (SSSR count). The van der Waals surface area contributed by atoms with Crippen LogP contribution in [-0.4, -0.2) is 37.0 Å². The van der Waals surface area contributed by atoms with E-state index in [-0.39, 0.29) is 11.8 Å². The van der Waals surface area contributed by atoms with Crippen LogP contribution in [0, 0.1) is 5.92 Å². The Labute approximate surface area is 236 Å². The molecule has 0 radical (unpaired) electrons. The summed E-state index contributed by atoms with van der Waals surface area (Å²) in [5.41, 5.74) is 4.93. The topological polar surface area (TPSA) is 91.2 Å². The van der Waals surface area contributed by atoms with Gasteiger partial charge in [-0.1, -0.05) is 67.8 Å². The van der Waals surface area contributed by atoms with Crippen LogP contribution in [0.15, 0.2) is 83.9 Å². The molecule has 1 amide bonds. The Kier molecular flexibility index (Phi) is 9.86. The van der Waals surface area contributed by atoms with Crippen molar-refractivity contribution in [2.24, 2.45) is 10.9 Å². The van der Waals surface area contributed by atoms with E-state index < -0.39 is 12.2 Å².